The van der Waals surface area contributed by atoms with E-state index in [-0.39, 0.29) is 31.6 Å². The summed E-state index contributed by atoms with van der Waals surface area (Å²) in [6.45, 7) is 2.24. The van der Waals surface area contributed by atoms with Crippen LogP contribution in [0, 0.1) is 18.8 Å². The van der Waals surface area contributed by atoms with Gasteiger partial charge >= 0.3 is 12.0 Å². The SMILES string of the molecule is Cc1nc(/C(N)=C(\CN2CC(CC3CC3)N(C)C2=O)N(C)N)ccc1N1CC(CC(=O)O)CC(F)(F)C1. The second kappa shape index (κ2) is 10.3. The first-order chi connectivity index (χ1) is 17.3. The van der Waals surface area contributed by atoms with Crippen molar-refractivity contribution >= 4 is 23.4 Å². The van der Waals surface area contributed by atoms with Crippen molar-refractivity contribution in [2.45, 2.75) is 51.0 Å². The molecule has 37 heavy (non-hydrogen) atoms. The van der Waals surface area contributed by atoms with E-state index in [1.807, 2.05) is 7.05 Å². The van der Waals surface area contributed by atoms with Crippen molar-refractivity contribution in [3.63, 3.8) is 0 Å². The lowest BCUT2D eigenvalue weighted by atomic mass is 9.92. The molecule has 2 aliphatic heterocycles. The van der Waals surface area contributed by atoms with E-state index in [4.69, 9.17) is 16.7 Å². The summed E-state index contributed by atoms with van der Waals surface area (Å²) in [5, 5.41) is 10.5. The van der Waals surface area contributed by atoms with Crippen molar-refractivity contribution in [2.24, 2.45) is 23.4 Å². The van der Waals surface area contributed by atoms with Gasteiger partial charge in [-0.3, -0.25) is 4.79 Å². The molecule has 12 heteroatoms. The minimum atomic E-state index is -3.00. The van der Waals surface area contributed by atoms with Crippen LogP contribution in [0.5, 0.6) is 0 Å². The molecule has 204 valence electrons. The lowest BCUT2D eigenvalue weighted by Gasteiger charge is -2.39. The molecule has 1 aromatic rings. The summed E-state index contributed by atoms with van der Waals surface area (Å²) in [5.74, 6) is 2.05. The van der Waals surface area contributed by atoms with Gasteiger partial charge in [-0.05, 0) is 37.3 Å². The van der Waals surface area contributed by atoms with Crippen molar-refractivity contribution in [3.05, 3.63) is 29.2 Å². The number of likely N-dealkylation sites (N-methyl/N-ethyl adjacent to an activating group) is 2. The Morgan fingerprint density at radius 1 is 1.27 bits per heavy atom. The number of aryl methyl sites for hydroxylation is 1. The molecule has 0 bridgehead atoms. The molecular formula is C25H37F2N7O3. The first-order valence-corrected chi connectivity index (χ1v) is 12.7. The number of rotatable bonds is 9. The van der Waals surface area contributed by atoms with E-state index in [2.05, 4.69) is 4.98 Å². The average Bonchev–Trinajstić information content (AvgIpc) is 3.57. The zero-order chi connectivity index (χ0) is 27.1. The number of urea groups is 1. The number of amides is 2. The number of hydrogen-bond acceptors (Lipinski definition) is 7. The predicted molar refractivity (Wildman–Crippen MR) is 135 cm³/mol. The summed E-state index contributed by atoms with van der Waals surface area (Å²) in [6.07, 6.45) is 2.67. The van der Waals surface area contributed by atoms with E-state index in [0.29, 0.717) is 40.9 Å². The molecule has 0 spiro atoms. The first kappa shape index (κ1) is 26.9. The van der Waals surface area contributed by atoms with E-state index in [1.165, 1.54) is 22.8 Å². The standard InChI is InChI=1S/C25H37F2N7O3/c1-15-20(34-11-17(9-22(35)36)10-25(26,27)14-34)7-6-19(30-15)23(28)21(32(3)29)13-33-12-18(8-16-4-5-16)31(2)24(33)37/h6-7,16-18H,4-5,8-14,28-29H2,1-3H3,(H,35,36)/b23-21-. The summed E-state index contributed by atoms with van der Waals surface area (Å²) >= 11 is 0. The number of nitrogens with two attached hydrogens (primary N) is 2. The molecule has 1 aliphatic carbocycles. The Bertz CT molecular complexity index is 1080. The number of pyridine rings is 1. The highest BCUT2D eigenvalue weighted by molar-refractivity contribution is 5.78. The fourth-order valence-electron chi connectivity index (χ4n) is 5.46. The topological polar surface area (TPSA) is 132 Å². The van der Waals surface area contributed by atoms with Gasteiger partial charge in [0.05, 0.1) is 54.0 Å². The number of carboxylic acids is 1. The summed E-state index contributed by atoms with van der Waals surface area (Å²) in [6, 6.07) is 3.42. The highest BCUT2D eigenvalue weighted by Crippen LogP contribution is 2.37. The van der Waals surface area contributed by atoms with Gasteiger partial charge in [0.15, 0.2) is 0 Å². The molecule has 4 rings (SSSR count). The maximum atomic E-state index is 14.4. The number of hydrogen-bond donors (Lipinski definition) is 3. The minimum absolute atomic E-state index is 0.0702. The Labute approximate surface area is 215 Å². The molecule has 2 amide bonds. The fourth-order valence-corrected chi connectivity index (χ4v) is 5.46. The summed E-state index contributed by atoms with van der Waals surface area (Å²) in [7, 11) is 3.47. The lowest BCUT2D eigenvalue weighted by Crippen LogP contribution is -2.48. The second-order valence-electron chi connectivity index (χ2n) is 10.8. The molecule has 5 N–H and O–H groups in total. The number of aromatic nitrogens is 1. The molecule has 3 aliphatic rings. The van der Waals surface area contributed by atoms with Crippen molar-refractivity contribution in [2.75, 3.05) is 45.2 Å². The van der Waals surface area contributed by atoms with Crippen molar-refractivity contribution in [1.82, 2.24) is 19.8 Å². The van der Waals surface area contributed by atoms with Gasteiger partial charge in [-0.25, -0.2) is 24.4 Å². The fraction of sp³-hybridized carbons (Fsp3) is 0.640. The maximum absolute atomic E-state index is 14.4. The molecule has 2 unspecified atom stereocenters. The number of carboxylic acid groups (broad SMARTS) is 1. The number of anilines is 1. The van der Waals surface area contributed by atoms with Crippen LogP contribution < -0.4 is 16.5 Å². The number of carbonyl (C=O) groups is 2. The van der Waals surface area contributed by atoms with Crippen LogP contribution in [0.4, 0.5) is 19.3 Å². The van der Waals surface area contributed by atoms with Crippen LogP contribution >= 0.6 is 0 Å². The minimum Gasteiger partial charge on any atom is -0.481 e. The highest BCUT2D eigenvalue weighted by atomic mass is 19.3. The van der Waals surface area contributed by atoms with Crippen LogP contribution in [-0.4, -0.2) is 89.1 Å². The highest BCUT2D eigenvalue weighted by Gasteiger charge is 2.42. The smallest absolute Gasteiger partial charge is 0.320 e. The second-order valence-corrected chi connectivity index (χ2v) is 10.8. The quantitative estimate of drug-likeness (QED) is 0.333. The number of halogens is 2. The number of carbonyl (C=O) groups excluding carboxylic acids is 1. The van der Waals surface area contributed by atoms with E-state index < -0.39 is 30.8 Å². The number of aliphatic carboxylic acids is 1. The van der Waals surface area contributed by atoms with Crippen LogP contribution in [0.1, 0.15) is 43.5 Å². The van der Waals surface area contributed by atoms with Crippen LogP contribution in [0.3, 0.4) is 0 Å². The van der Waals surface area contributed by atoms with E-state index in [9.17, 15) is 18.4 Å². The zero-order valence-corrected chi connectivity index (χ0v) is 21.7. The summed E-state index contributed by atoms with van der Waals surface area (Å²) in [5.41, 5.74) is 8.74. The lowest BCUT2D eigenvalue weighted by molar-refractivity contribution is -0.139. The van der Waals surface area contributed by atoms with Gasteiger partial charge in [-0.15, -0.1) is 0 Å². The zero-order valence-electron chi connectivity index (χ0n) is 21.7. The third-order valence-electron chi connectivity index (χ3n) is 7.56. The number of alkyl halides is 2. The Kier molecular flexibility index (Phi) is 7.50. The molecule has 1 aromatic heterocycles. The average molecular weight is 522 g/mol. The summed E-state index contributed by atoms with van der Waals surface area (Å²) in [4.78, 5) is 33.6. The normalized spacial score (nSPS) is 24.4. The van der Waals surface area contributed by atoms with Crippen LogP contribution in [0.2, 0.25) is 0 Å². The van der Waals surface area contributed by atoms with Gasteiger partial charge in [-0.1, -0.05) is 12.8 Å². The largest absolute Gasteiger partial charge is 0.481 e. The monoisotopic (exact) mass is 521 g/mol. The van der Waals surface area contributed by atoms with Crippen LogP contribution in [0.25, 0.3) is 5.70 Å². The van der Waals surface area contributed by atoms with Crippen molar-refractivity contribution in [3.8, 4) is 0 Å². The van der Waals surface area contributed by atoms with Gasteiger partial charge in [0.25, 0.3) is 5.92 Å². The van der Waals surface area contributed by atoms with Gasteiger partial charge in [-0.2, -0.15) is 0 Å². The predicted octanol–water partition coefficient (Wildman–Crippen LogP) is 2.30. The molecule has 2 saturated heterocycles. The molecule has 3 heterocycles. The van der Waals surface area contributed by atoms with E-state index >= 15 is 0 Å². The summed E-state index contributed by atoms with van der Waals surface area (Å²) < 4.78 is 28.8. The molecule has 0 aromatic carbocycles. The number of nitrogens with zero attached hydrogens (tertiary/aromatic N) is 5. The van der Waals surface area contributed by atoms with E-state index in [1.54, 1.807) is 35.9 Å². The first-order valence-electron chi connectivity index (χ1n) is 12.7. The molecule has 2 atom stereocenters. The van der Waals surface area contributed by atoms with Gasteiger partial charge in [0, 0.05) is 33.6 Å². The van der Waals surface area contributed by atoms with E-state index in [0.717, 1.165) is 6.42 Å². The molecule has 10 nitrogen and oxygen atoms in total. The molecule has 0 radical (unpaired) electrons. The number of piperidine rings is 1. The van der Waals surface area contributed by atoms with Crippen LogP contribution in [-0.2, 0) is 4.79 Å². The Morgan fingerprint density at radius 3 is 2.57 bits per heavy atom. The van der Waals surface area contributed by atoms with Gasteiger partial charge in [0.1, 0.15) is 0 Å². The third kappa shape index (κ3) is 6.23. The van der Waals surface area contributed by atoms with Crippen molar-refractivity contribution < 1.29 is 23.5 Å². The maximum Gasteiger partial charge on any atom is 0.320 e. The van der Waals surface area contributed by atoms with Crippen molar-refractivity contribution in [1.29, 1.82) is 0 Å². The molecule has 3 fully saturated rings. The Balaban J connectivity index is 1.54. The third-order valence-corrected chi connectivity index (χ3v) is 7.56. The van der Waals surface area contributed by atoms with Gasteiger partial charge in [0.2, 0.25) is 0 Å². The Hall–Kier alpha value is -3.15. The number of hydrazine groups is 1. The molecular weight excluding hydrogens is 484 g/mol. The van der Waals surface area contributed by atoms with Crippen LogP contribution in [0.15, 0.2) is 17.8 Å². The molecule has 1 saturated carbocycles. The van der Waals surface area contributed by atoms with Gasteiger partial charge < -0.3 is 30.5 Å². The Morgan fingerprint density at radius 2 is 1.97 bits per heavy atom.